The normalized spacial score (nSPS) is 40.7. The zero-order chi connectivity index (χ0) is 10.0. The number of hydrogen-bond donors (Lipinski definition) is 1. The van der Waals surface area contributed by atoms with Crippen LogP contribution in [-0.4, -0.2) is 23.2 Å². The van der Waals surface area contributed by atoms with Crippen LogP contribution < -0.4 is 0 Å². The summed E-state index contributed by atoms with van der Waals surface area (Å²) in [4.78, 5) is 0. The van der Waals surface area contributed by atoms with Crippen LogP contribution in [0.15, 0.2) is 0 Å². The van der Waals surface area contributed by atoms with Gasteiger partial charge >= 0.3 is 0 Å². The first kappa shape index (κ1) is 10.8. The van der Waals surface area contributed by atoms with Gasteiger partial charge in [-0.15, -0.1) is 0 Å². The second kappa shape index (κ2) is 4.44. The minimum absolute atomic E-state index is 0.338. The van der Waals surface area contributed by atoms with Gasteiger partial charge in [-0.05, 0) is 54.4 Å². The average Bonchev–Trinajstić information content (AvgIpc) is 2.78. The zero-order valence-electron chi connectivity index (χ0n) is 9.17. The second-order valence-corrected chi connectivity index (χ2v) is 6.44. The Morgan fingerprint density at radius 3 is 2.79 bits per heavy atom. The van der Waals surface area contributed by atoms with Gasteiger partial charge in [-0.1, -0.05) is 13.3 Å². The molecule has 0 aromatic heterocycles. The van der Waals surface area contributed by atoms with E-state index < -0.39 is 0 Å². The molecule has 1 nitrogen and oxygen atoms in total. The Morgan fingerprint density at radius 2 is 2.29 bits per heavy atom. The molecule has 0 spiro atoms. The maximum absolute atomic E-state index is 9.63. The molecule has 2 rings (SSSR count). The lowest BCUT2D eigenvalue weighted by Gasteiger charge is -2.36. The van der Waals surface area contributed by atoms with Crippen LogP contribution in [0.2, 0.25) is 0 Å². The summed E-state index contributed by atoms with van der Waals surface area (Å²) in [5.74, 6) is 4.28. The van der Waals surface area contributed by atoms with E-state index in [9.17, 15) is 5.11 Å². The summed E-state index contributed by atoms with van der Waals surface area (Å²) in [7, 11) is 0. The van der Waals surface area contributed by atoms with Crippen LogP contribution in [-0.2, 0) is 0 Å². The van der Waals surface area contributed by atoms with Crippen LogP contribution >= 0.6 is 11.8 Å². The number of aliphatic hydroxyl groups excluding tert-OH is 1. The van der Waals surface area contributed by atoms with Crippen molar-refractivity contribution >= 4 is 11.8 Å². The number of thioether (sulfide) groups is 1. The van der Waals surface area contributed by atoms with Crippen LogP contribution in [0, 0.1) is 17.3 Å². The molecule has 82 valence electrons. The molecule has 3 unspecified atom stereocenters. The topological polar surface area (TPSA) is 20.2 Å². The molecule has 0 saturated heterocycles. The Hall–Kier alpha value is 0.310. The van der Waals surface area contributed by atoms with Gasteiger partial charge < -0.3 is 5.11 Å². The van der Waals surface area contributed by atoms with Crippen molar-refractivity contribution in [3.63, 3.8) is 0 Å². The molecule has 1 N–H and O–H groups in total. The molecule has 2 fully saturated rings. The Bertz CT molecular complexity index is 195. The third-order valence-electron chi connectivity index (χ3n) is 4.37. The highest BCUT2D eigenvalue weighted by Crippen LogP contribution is 2.57. The second-order valence-electron chi connectivity index (χ2n) is 5.05. The molecule has 3 atom stereocenters. The Balaban J connectivity index is 1.90. The molecule has 2 heteroatoms. The van der Waals surface area contributed by atoms with Gasteiger partial charge in [-0.25, -0.2) is 0 Å². The lowest BCUT2D eigenvalue weighted by atomic mass is 9.72. The highest BCUT2D eigenvalue weighted by molar-refractivity contribution is 7.99. The van der Waals surface area contributed by atoms with Crippen molar-refractivity contribution < 1.29 is 5.11 Å². The number of hydrogen-bond acceptors (Lipinski definition) is 2. The molecule has 0 amide bonds. The highest BCUT2D eigenvalue weighted by atomic mass is 32.2. The van der Waals surface area contributed by atoms with Crippen molar-refractivity contribution in [3.8, 4) is 0 Å². The van der Waals surface area contributed by atoms with Gasteiger partial charge in [0.1, 0.15) is 0 Å². The molecule has 0 aliphatic heterocycles. The van der Waals surface area contributed by atoms with E-state index in [0.717, 1.165) is 11.8 Å². The van der Waals surface area contributed by atoms with E-state index in [2.05, 4.69) is 6.92 Å². The van der Waals surface area contributed by atoms with Crippen molar-refractivity contribution in [3.05, 3.63) is 0 Å². The molecule has 0 aromatic rings. The summed E-state index contributed by atoms with van der Waals surface area (Å²) >= 11 is 2.03. The fraction of sp³-hybridized carbons (Fsp3) is 1.00. The van der Waals surface area contributed by atoms with Crippen molar-refractivity contribution in [2.45, 2.75) is 39.0 Å². The number of aliphatic hydroxyl groups is 1. The van der Waals surface area contributed by atoms with E-state index in [0.29, 0.717) is 12.0 Å². The van der Waals surface area contributed by atoms with Gasteiger partial charge in [0.25, 0.3) is 0 Å². The number of rotatable bonds is 5. The maximum atomic E-state index is 9.63. The van der Waals surface area contributed by atoms with Crippen LogP contribution in [0.3, 0.4) is 0 Å². The Labute approximate surface area is 91.7 Å². The molecule has 2 aliphatic rings. The summed E-state index contributed by atoms with van der Waals surface area (Å²) in [6.07, 6.45) is 6.81. The van der Waals surface area contributed by atoms with Gasteiger partial charge in [0.15, 0.2) is 0 Å². The maximum Gasteiger partial charge on any atom is 0.0490 e. The van der Waals surface area contributed by atoms with Crippen molar-refractivity contribution in [2.75, 3.05) is 18.1 Å². The molecule has 0 heterocycles. The largest absolute Gasteiger partial charge is 0.396 e. The molecule has 0 radical (unpaired) electrons. The minimum atomic E-state index is 0.338. The van der Waals surface area contributed by atoms with Gasteiger partial charge in [0.2, 0.25) is 0 Å². The molecule has 2 aliphatic carbocycles. The van der Waals surface area contributed by atoms with Gasteiger partial charge in [-0.3, -0.25) is 0 Å². The molecule has 14 heavy (non-hydrogen) atoms. The third kappa shape index (κ3) is 1.83. The Kier molecular flexibility index (Phi) is 3.43. The predicted molar refractivity (Wildman–Crippen MR) is 62.6 cm³/mol. The molecule has 0 aromatic carbocycles. The third-order valence-corrected chi connectivity index (χ3v) is 5.27. The SMILES string of the molecule is CCSCCC1(CO)CC2CCC1C2. The first-order valence-corrected chi connectivity index (χ1v) is 7.15. The smallest absolute Gasteiger partial charge is 0.0490 e. The van der Waals surface area contributed by atoms with Gasteiger partial charge in [-0.2, -0.15) is 11.8 Å². The van der Waals surface area contributed by atoms with E-state index in [1.165, 1.54) is 43.6 Å². The fourth-order valence-electron chi connectivity index (χ4n) is 3.56. The van der Waals surface area contributed by atoms with Crippen molar-refractivity contribution in [2.24, 2.45) is 17.3 Å². The summed E-state index contributed by atoms with van der Waals surface area (Å²) < 4.78 is 0. The fourth-order valence-corrected chi connectivity index (χ4v) is 4.40. The molecule has 2 saturated carbocycles. The van der Waals surface area contributed by atoms with Crippen LogP contribution in [0.4, 0.5) is 0 Å². The van der Waals surface area contributed by atoms with E-state index in [1.807, 2.05) is 11.8 Å². The monoisotopic (exact) mass is 214 g/mol. The first-order chi connectivity index (χ1) is 6.80. The Morgan fingerprint density at radius 1 is 1.43 bits per heavy atom. The lowest BCUT2D eigenvalue weighted by molar-refractivity contribution is 0.0623. The van der Waals surface area contributed by atoms with E-state index in [4.69, 9.17) is 0 Å². The minimum Gasteiger partial charge on any atom is -0.396 e. The van der Waals surface area contributed by atoms with Crippen LogP contribution in [0.1, 0.15) is 39.0 Å². The van der Waals surface area contributed by atoms with Crippen molar-refractivity contribution in [1.82, 2.24) is 0 Å². The van der Waals surface area contributed by atoms with E-state index in [-0.39, 0.29) is 0 Å². The summed E-state index contributed by atoms with van der Waals surface area (Å²) in [5, 5.41) is 9.63. The molecular formula is C12H22OS. The van der Waals surface area contributed by atoms with E-state index in [1.54, 1.807) is 0 Å². The standard InChI is InChI=1S/C12H22OS/c1-2-14-6-5-12(9-13)8-10-3-4-11(12)7-10/h10-11,13H,2-9H2,1H3. The van der Waals surface area contributed by atoms with Crippen LogP contribution in [0.5, 0.6) is 0 Å². The highest BCUT2D eigenvalue weighted by Gasteiger charge is 2.49. The molecule has 2 bridgehead atoms. The summed E-state index contributed by atoms with van der Waals surface area (Å²) in [5.41, 5.74) is 0.338. The zero-order valence-corrected chi connectivity index (χ0v) is 9.98. The molecular weight excluding hydrogens is 192 g/mol. The number of fused-ring (bicyclic) bond motifs is 2. The van der Waals surface area contributed by atoms with Gasteiger partial charge in [0, 0.05) is 6.61 Å². The first-order valence-electron chi connectivity index (χ1n) is 5.99. The lowest BCUT2D eigenvalue weighted by Crippen LogP contribution is -2.32. The van der Waals surface area contributed by atoms with Crippen molar-refractivity contribution in [1.29, 1.82) is 0 Å². The van der Waals surface area contributed by atoms with Crippen LogP contribution in [0.25, 0.3) is 0 Å². The summed E-state index contributed by atoms with van der Waals surface area (Å²) in [6.45, 7) is 2.66. The predicted octanol–water partition coefficient (Wildman–Crippen LogP) is 2.93. The average molecular weight is 214 g/mol. The quantitative estimate of drug-likeness (QED) is 0.710. The van der Waals surface area contributed by atoms with E-state index >= 15 is 0 Å². The summed E-state index contributed by atoms with van der Waals surface area (Å²) in [6, 6.07) is 0. The van der Waals surface area contributed by atoms with Gasteiger partial charge in [0.05, 0.1) is 0 Å².